The summed E-state index contributed by atoms with van der Waals surface area (Å²) in [6, 6.07) is 1.93. The molecule has 1 fully saturated rings. The van der Waals surface area contributed by atoms with Crippen molar-refractivity contribution in [2.24, 2.45) is 16.8 Å². The Bertz CT molecular complexity index is 1300. The van der Waals surface area contributed by atoms with Crippen molar-refractivity contribution in [3.05, 3.63) is 59.0 Å². The van der Waals surface area contributed by atoms with Crippen molar-refractivity contribution in [3.8, 4) is 0 Å². The molecule has 1 aliphatic heterocycles. The third-order valence-electron chi connectivity index (χ3n) is 7.81. The fourth-order valence-corrected chi connectivity index (χ4v) is 5.52. The van der Waals surface area contributed by atoms with Crippen LogP contribution in [0.3, 0.4) is 0 Å². The second-order valence-corrected chi connectivity index (χ2v) is 11.0. The highest BCUT2D eigenvalue weighted by molar-refractivity contribution is 5.95. The first-order valence-electron chi connectivity index (χ1n) is 13.9. The summed E-state index contributed by atoms with van der Waals surface area (Å²) < 4.78 is 7.91. The second kappa shape index (κ2) is 11.6. The van der Waals surface area contributed by atoms with Gasteiger partial charge < -0.3 is 9.84 Å². The van der Waals surface area contributed by atoms with Crippen LogP contribution >= 0.6 is 0 Å². The summed E-state index contributed by atoms with van der Waals surface area (Å²) in [5, 5.41) is 15.7. The van der Waals surface area contributed by atoms with Gasteiger partial charge in [-0.3, -0.25) is 4.99 Å². The van der Waals surface area contributed by atoms with Crippen molar-refractivity contribution in [3.63, 3.8) is 0 Å². The number of aliphatic hydroxyl groups is 1. The number of aromatic nitrogens is 4. The van der Waals surface area contributed by atoms with Crippen LogP contribution in [0.2, 0.25) is 0 Å². The van der Waals surface area contributed by atoms with E-state index in [1.54, 1.807) is 4.52 Å². The fraction of sp³-hybridized carbons (Fsp3) is 0.567. The third-order valence-corrected chi connectivity index (χ3v) is 7.81. The SMILES string of the molecule is C=C(/N=C(\C=C\CCC1(C2CCCC2)CC(O)=C(Cc2nc3nc(C)cc(C)n3n2)C(=O)O1)CC)C(C)C. The topological polar surface area (TPSA) is 102 Å². The van der Waals surface area contributed by atoms with Gasteiger partial charge in [0.05, 0.1) is 5.57 Å². The van der Waals surface area contributed by atoms with E-state index in [-0.39, 0.29) is 23.7 Å². The Morgan fingerprint density at radius 1 is 1.32 bits per heavy atom. The van der Waals surface area contributed by atoms with E-state index in [0.717, 1.165) is 61.3 Å². The molecule has 2 aromatic rings. The smallest absolute Gasteiger partial charge is 0.338 e. The molecule has 1 unspecified atom stereocenters. The van der Waals surface area contributed by atoms with Gasteiger partial charge in [0.15, 0.2) is 5.82 Å². The molecule has 8 heteroatoms. The summed E-state index contributed by atoms with van der Waals surface area (Å²) in [6.07, 6.45) is 11.1. The number of ether oxygens (including phenoxy) is 1. The minimum Gasteiger partial charge on any atom is -0.512 e. The molecule has 2 aliphatic rings. The van der Waals surface area contributed by atoms with Gasteiger partial charge in [-0.15, -0.1) is 5.10 Å². The Balaban J connectivity index is 1.52. The molecule has 0 saturated heterocycles. The van der Waals surface area contributed by atoms with Crippen LogP contribution in [0.15, 0.2) is 46.8 Å². The van der Waals surface area contributed by atoms with Crippen LogP contribution in [0.25, 0.3) is 5.78 Å². The Kier molecular flexibility index (Phi) is 8.48. The number of aliphatic hydroxyl groups excluding tert-OH is 1. The molecule has 4 rings (SSSR count). The van der Waals surface area contributed by atoms with Gasteiger partial charge in [0.2, 0.25) is 0 Å². The Labute approximate surface area is 225 Å². The van der Waals surface area contributed by atoms with E-state index in [4.69, 9.17) is 4.74 Å². The lowest BCUT2D eigenvalue weighted by Gasteiger charge is -2.41. The van der Waals surface area contributed by atoms with Gasteiger partial charge in [-0.25, -0.2) is 14.3 Å². The van der Waals surface area contributed by atoms with E-state index in [2.05, 4.69) is 59.6 Å². The van der Waals surface area contributed by atoms with Crippen molar-refractivity contribution in [2.75, 3.05) is 0 Å². The normalized spacial score (nSPS) is 21.3. The zero-order chi connectivity index (χ0) is 27.4. The lowest BCUT2D eigenvalue weighted by Crippen LogP contribution is -2.46. The van der Waals surface area contributed by atoms with Gasteiger partial charge in [0, 0.05) is 35.6 Å². The van der Waals surface area contributed by atoms with E-state index < -0.39 is 11.6 Å². The van der Waals surface area contributed by atoms with Crippen molar-refractivity contribution >= 4 is 17.5 Å². The third kappa shape index (κ3) is 6.05. The van der Waals surface area contributed by atoms with Gasteiger partial charge in [0.25, 0.3) is 5.78 Å². The molecule has 0 amide bonds. The lowest BCUT2D eigenvalue weighted by molar-refractivity contribution is -0.167. The predicted octanol–water partition coefficient (Wildman–Crippen LogP) is 6.33. The quantitative estimate of drug-likeness (QED) is 0.291. The van der Waals surface area contributed by atoms with Crippen molar-refractivity contribution < 1.29 is 14.6 Å². The molecule has 3 heterocycles. The number of hydrogen-bond donors (Lipinski definition) is 1. The molecular weight excluding hydrogens is 478 g/mol. The summed E-state index contributed by atoms with van der Waals surface area (Å²) in [5.41, 5.74) is 3.17. The number of cyclic esters (lactones) is 1. The molecule has 0 bridgehead atoms. The summed E-state index contributed by atoms with van der Waals surface area (Å²) in [5.74, 6) is 1.11. The molecule has 1 aliphatic carbocycles. The number of aliphatic imine (C=N–C) groups is 1. The van der Waals surface area contributed by atoms with E-state index in [1.165, 1.54) is 0 Å². The highest BCUT2D eigenvalue weighted by Gasteiger charge is 2.47. The van der Waals surface area contributed by atoms with Crippen LogP contribution in [0.1, 0.15) is 89.4 Å². The van der Waals surface area contributed by atoms with Gasteiger partial charge in [0.1, 0.15) is 11.4 Å². The van der Waals surface area contributed by atoms with Crippen LogP contribution in [-0.2, 0) is 16.0 Å². The van der Waals surface area contributed by atoms with E-state index in [0.29, 0.717) is 30.4 Å². The Hall–Kier alpha value is -3.29. The first-order valence-corrected chi connectivity index (χ1v) is 13.9. The maximum Gasteiger partial charge on any atom is 0.338 e. The number of nitrogens with zero attached hydrogens (tertiary/aromatic N) is 5. The molecule has 1 saturated carbocycles. The zero-order valence-electron chi connectivity index (χ0n) is 23.5. The van der Waals surface area contributed by atoms with Gasteiger partial charge in [-0.1, -0.05) is 46.3 Å². The molecule has 0 aromatic carbocycles. The lowest BCUT2D eigenvalue weighted by atomic mass is 9.77. The van der Waals surface area contributed by atoms with Crippen LogP contribution in [0, 0.1) is 25.7 Å². The van der Waals surface area contributed by atoms with Crippen LogP contribution in [-0.4, -0.2) is 42.0 Å². The van der Waals surface area contributed by atoms with Crippen molar-refractivity contribution in [2.45, 2.75) is 98.0 Å². The minimum atomic E-state index is -0.696. The van der Waals surface area contributed by atoms with E-state index in [1.807, 2.05) is 19.9 Å². The first-order chi connectivity index (χ1) is 18.1. The van der Waals surface area contributed by atoms with Crippen LogP contribution < -0.4 is 0 Å². The maximum absolute atomic E-state index is 13.3. The van der Waals surface area contributed by atoms with E-state index in [9.17, 15) is 9.90 Å². The van der Waals surface area contributed by atoms with Crippen molar-refractivity contribution in [1.82, 2.24) is 19.6 Å². The predicted molar refractivity (Wildman–Crippen MR) is 149 cm³/mol. The summed E-state index contributed by atoms with van der Waals surface area (Å²) in [6.45, 7) is 14.2. The van der Waals surface area contributed by atoms with Crippen LogP contribution in [0.5, 0.6) is 0 Å². The maximum atomic E-state index is 13.3. The first kappa shape index (κ1) is 27.7. The zero-order valence-corrected chi connectivity index (χ0v) is 23.5. The fourth-order valence-electron chi connectivity index (χ4n) is 5.52. The Morgan fingerprint density at radius 2 is 2.05 bits per heavy atom. The largest absolute Gasteiger partial charge is 0.512 e. The number of carbonyl (C=O) groups is 1. The average molecular weight is 520 g/mol. The molecule has 0 radical (unpaired) electrons. The monoisotopic (exact) mass is 519 g/mol. The standard InChI is InChI=1S/C30H41N5O3/c1-7-24(32-22(6)19(2)3)14-10-11-15-30(23-12-8-9-13-23)18-26(36)25(28(37)38-30)17-27-33-29-31-20(4)16-21(5)35(29)34-27/h10,14,16,19,23,36H,6-9,11-13,15,17-18H2,1-5H3/b14-10+,32-24-. The van der Waals surface area contributed by atoms with Gasteiger partial charge >= 0.3 is 5.97 Å². The molecule has 2 aromatic heterocycles. The summed E-state index contributed by atoms with van der Waals surface area (Å²) in [4.78, 5) is 26.9. The molecule has 38 heavy (non-hydrogen) atoms. The second-order valence-electron chi connectivity index (χ2n) is 11.0. The van der Waals surface area contributed by atoms with Crippen LogP contribution in [0.4, 0.5) is 0 Å². The number of carbonyl (C=O) groups excluding carboxylic acids is 1. The molecule has 8 nitrogen and oxygen atoms in total. The van der Waals surface area contributed by atoms with Crippen molar-refractivity contribution in [1.29, 1.82) is 0 Å². The van der Waals surface area contributed by atoms with Gasteiger partial charge in [-0.05, 0) is 69.9 Å². The number of fused-ring (bicyclic) bond motifs is 1. The number of esters is 1. The molecule has 0 spiro atoms. The van der Waals surface area contributed by atoms with E-state index >= 15 is 0 Å². The highest BCUT2D eigenvalue weighted by Crippen LogP contribution is 2.46. The minimum absolute atomic E-state index is 0.0980. The molecular formula is C30H41N5O3. The molecule has 204 valence electrons. The number of allylic oxidation sites excluding steroid dienone is 3. The summed E-state index contributed by atoms with van der Waals surface area (Å²) >= 11 is 0. The number of rotatable bonds is 10. The Morgan fingerprint density at radius 3 is 2.71 bits per heavy atom. The highest BCUT2D eigenvalue weighted by atomic mass is 16.6. The number of hydrogen-bond acceptors (Lipinski definition) is 7. The average Bonchev–Trinajstić information content (AvgIpc) is 3.54. The molecule has 1 N–H and O–H groups in total. The van der Waals surface area contributed by atoms with Gasteiger partial charge in [-0.2, -0.15) is 4.98 Å². The molecule has 1 atom stereocenters. The number of aryl methyl sites for hydroxylation is 2. The summed E-state index contributed by atoms with van der Waals surface area (Å²) in [7, 11) is 0.